The van der Waals surface area contributed by atoms with E-state index in [1.807, 2.05) is 24.3 Å². The topological polar surface area (TPSA) is 23.1 Å². The standard InChI is InChI=1S/C14H11O.Li/c15-9-14-12-7-3-1-5-10(12)11-6-2-4-8-13(11)14;/h1-8,14H,9H2;/q-1;+1. The summed E-state index contributed by atoms with van der Waals surface area (Å²) in [6.45, 7) is -0.0615. The van der Waals surface area contributed by atoms with Gasteiger partial charge in [-0.15, -0.1) is 6.61 Å². The van der Waals surface area contributed by atoms with Gasteiger partial charge in [-0.1, -0.05) is 48.5 Å². The maximum Gasteiger partial charge on any atom is 1.00 e. The van der Waals surface area contributed by atoms with Gasteiger partial charge >= 0.3 is 18.9 Å². The molecule has 0 spiro atoms. The van der Waals surface area contributed by atoms with Crippen LogP contribution in [0.2, 0.25) is 0 Å². The van der Waals surface area contributed by atoms with Crippen molar-refractivity contribution in [1.29, 1.82) is 0 Å². The van der Waals surface area contributed by atoms with Crippen LogP contribution < -0.4 is 24.0 Å². The molecule has 1 nitrogen and oxygen atoms in total. The largest absolute Gasteiger partial charge is 1.00 e. The molecule has 0 amide bonds. The molecule has 0 N–H and O–H groups in total. The first kappa shape index (κ1) is 11.5. The molecular weight excluding hydrogens is 191 g/mol. The predicted molar refractivity (Wildman–Crippen MR) is 58.6 cm³/mol. The van der Waals surface area contributed by atoms with Gasteiger partial charge in [0.1, 0.15) is 0 Å². The number of benzene rings is 2. The van der Waals surface area contributed by atoms with E-state index in [0.717, 1.165) is 0 Å². The van der Waals surface area contributed by atoms with Crippen molar-refractivity contribution in [3.8, 4) is 11.1 Å². The van der Waals surface area contributed by atoms with Gasteiger partial charge in [0.25, 0.3) is 0 Å². The van der Waals surface area contributed by atoms with Crippen LogP contribution in [-0.2, 0) is 0 Å². The maximum absolute atomic E-state index is 11.3. The van der Waals surface area contributed by atoms with Crippen LogP contribution in [-0.4, -0.2) is 6.61 Å². The Balaban J connectivity index is 0.000000963. The van der Waals surface area contributed by atoms with Crippen LogP contribution in [0.15, 0.2) is 48.5 Å². The van der Waals surface area contributed by atoms with Crippen LogP contribution in [0, 0.1) is 0 Å². The summed E-state index contributed by atoms with van der Waals surface area (Å²) in [5, 5.41) is 11.3. The average Bonchev–Trinajstić information content (AvgIpc) is 2.63. The summed E-state index contributed by atoms with van der Waals surface area (Å²) in [5.74, 6) is 0.0531. The Morgan fingerprint density at radius 3 is 1.69 bits per heavy atom. The van der Waals surface area contributed by atoms with Crippen molar-refractivity contribution in [2.75, 3.05) is 6.61 Å². The average molecular weight is 202 g/mol. The van der Waals surface area contributed by atoms with Crippen molar-refractivity contribution in [2.45, 2.75) is 5.92 Å². The van der Waals surface area contributed by atoms with E-state index in [0.29, 0.717) is 0 Å². The maximum atomic E-state index is 11.3. The third kappa shape index (κ3) is 1.53. The normalized spacial score (nSPS) is 12.8. The Morgan fingerprint density at radius 2 is 1.25 bits per heavy atom. The molecule has 0 unspecified atom stereocenters. The van der Waals surface area contributed by atoms with E-state index in [9.17, 15) is 5.11 Å². The van der Waals surface area contributed by atoms with Crippen molar-refractivity contribution < 1.29 is 24.0 Å². The van der Waals surface area contributed by atoms with E-state index in [2.05, 4.69) is 24.3 Å². The molecule has 16 heavy (non-hydrogen) atoms. The molecule has 0 atom stereocenters. The van der Waals surface area contributed by atoms with Gasteiger partial charge in [0.15, 0.2) is 0 Å². The van der Waals surface area contributed by atoms with Gasteiger partial charge in [-0.2, -0.15) is 0 Å². The van der Waals surface area contributed by atoms with Crippen LogP contribution in [0.3, 0.4) is 0 Å². The molecule has 0 bridgehead atoms. The van der Waals surface area contributed by atoms with Gasteiger partial charge in [0.05, 0.1) is 0 Å². The minimum absolute atomic E-state index is 0. The van der Waals surface area contributed by atoms with Crippen LogP contribution in [0.1, 0.15) is 17.0 Å². The fraction of sp³-hybridized carbons (Fsp3) is 0.143. The van der Waals surface area contributed by atoms with Gasteiger partial charge in [0.2, 0.25) is 0 Å². The first-order valence-electron chi connectivity index (χ1n) is 5.18. The second-order valence-electron chi connectivity index (χ2n) is 3.89. The number of fused-ring (bicyclic) bond motifs is 3. The van der Waals surface area contributed by atoms with E-state index >= 15 is 0 Å². The Kier molecular flexibility index (Phi) is 3.21. The van der Waals surface area contributed by atoms with E-state index in [-0.39, 0.29) is 31.4 Å². The van der Waals surface area contributed by atoms with Gasteiger partial charge < -0.3 is 5.11 Å². The summed E-state index contributed by atoms with van der Waals surface area (Å²) in [7, 11) is 0. The molecule has 0 radical (unpaired) electrons. The molecule has 2 heteroatoms. The Bertz CT molecular complexity index is 462. The second kappa shape index (κ2) is 4.47. The van der Waals surface area contributed by atoms with Gasteiger partial charge in [-0.3, -0.25) is 0 Å². The van der Waals surface area contributed by atoms with Crippen LogP contribution in [0.5, 0.6) is 0 Å². The molecule has 1 aliphatic rings. The fourth-order valence-electron chi connectivity index (χ4n) is 2.44. The number of rotatable bonds is 1. The number of hydrogen-bond acceptors (Lipinski definition) is 1. The minimum Gasteiger partial charge on any atom is -0.854 e. The fourth-order valence-corrected chi connectivity index (χ4v) is 2.44. The first-order chi connectivity index (χ1) is 7.42. The summed E-state index contributed by atoms with van der Waals surface area (Å²) in [6.07, 6.45) is 0. The van der Waals surface area contributed by atoms with E-state index in [1.54, 1.807) is 0 Å². The molecule has 0 aliphatic heterocycles. The van der Waals surface area contributed by atoms with Gasteiger partial charge in [0, 0.05) is 0 Å². The molecule has 0 heterocycles. The third-order valence-corrected chi connectivity index (χ3v) is 3.13. The van der Waals surface area contributed by atoms with Crippen molar-refractivity contribution in [2.24, 2.45) is 0 Å². The van der Waals surface area contributed by atoms with Crippen molar-refractivity contribution in [3.63, 3.8) is 0 Å². The third-order valence-electron chi connectivity index (χ3n) is 3.13. The number of hydrogen-bond donors (Lipinski definition) is 0. The monoisotopic (exact) mass is 202 g/mol. The van der Waals surface area contributed by atoms with Crippen LogP contribution in [0.25, 0.3) is 11.1 Å². The van der Waals surface area contributed by atoms with Gasteiger partial charge in [-0.25, -0.2) is 0 Å². The molecule has 0 saturated heterocycles. The molecule has 0 fully saturated rings. The zero-order chi connectivity index (χ0) is 10.3. The second-order valence-corrected chi connectivity index (χ2v) is 3.89. The smallest absolute Gasteiger partial charge is 0.854 e. The quantitative estimate of drug-likeness (QED) is 0.553. The SMILES string of the molecule is [Li+].[O-]CC1c2ccccc2-c2ccccc21. The van der Waals surface area contributed by atoms with Crippen molar-refractivity contribution in [1.82, 2.24) is 0 Å². The zero-order valence-electron chi connectivity index (χ0n) is 9.31. The molecular formula is C14H11LiO. The predicted octanol–water partition coefficient (Wildman–Crippen LogP) is -0.837. The van der Waals surface area contributed by atoms with E-state index in [1.165, 1.54) is 22.3 Å². The molecule has 0 aromatic heterocycles. The van der Waals surface area contributed by atoms with Gasteiger partial charge in [-0.05, 0) is 28.2 Å². The van der Waals surface area contributed by atoms with E-state index in [4.69, 9.17) is 0 Å². The van der Waals surface area contributed by atoms with Crippen LogP contribution in [0.4, 0.5) is 0 Å². The summed E-state index contributed by atoms with van der Waals surface area (Å²) in [5.41, 5.74) is 4.84. The minimum atomic E-state index is -0.0615. The Labute approximate surface area is 107 Å². The molecule has 0 saturated carbocycles. The van der Waals surface area contributed by atoms with E-state index < -0.39 is 0 Å². The summed E-state index contributed by atoms with van der Waals surface area (Å²) >= 11 is 0. The Hall–Kier alpha value is -1.00. The summed E-state index contributed by atoms with van der Waals surface area (Å²) in [4.78, 5) is 0. The zero-order valence-corrected chi connectivity index (χ0v) is 9.31. The molecule has 2 aromatic carbocycles. The molecule has 74 valence electrons. The first-order valence-corrected chi connectivity index (χ1v) is 5.18. The Morgan fingerprint density at radius 1 is 0.812 bits per heavy atom. The summed E-state index contributed by atoms with van der Waals surface area (Å²) < 4.78 is 0. The van der Waals surface area contributed by atoms with Crippen molar-refractivity contribution >= 4 is 0 Å². The molecule has 2 aromatic rings. The molecule has 1 aliphatic carbocycles. The van der Waals surface area contributed by atoms with Crippen LogP contribution >= 0.6 is 0 Å². The van der Waals surface area contributed by atoms with Crippen molar-refractivity contribution in [3.05, 3.63) is 59.7 Å². The molecule has 3 rings (SSSR count). The summed E-state index contributed by atoms with van der Waals surface area (Å²) in [6, 6.07) is 16.4.